The van der Waals surface area contributed by atoms with Crippen LogP contribution in [0.1, 0.15) is 5.56 Å². The highest BCUT2D eigenvalue weighted by molar-refractivity contribution is 8.00. The first-order valence-corrected chi connectivity index (χ1v) is 8.72. The van der Waals surface area contributed by atoms with E-state index in [4.69, 9.17) is 10.00 Å². The summed E-state index contributed by atoms with van der Waals surface area (Å²) >= 11 is 1.45. The van der Waals surface area contributed by atoms with E-state index in [1.54, 1.807) is 24.3 Å². The summed E-state index contributed by atoms with van der Waals surface area (Å²) in [6.07, 6.45) is 0. The Hall–Kier alpha value is -3.03. The van der Waals surface area contributed by atoms with Gasteiger partial charge < -0.3 is 4.74 Å². The molecule has 0 fully saturated rings. The molecule has 0 radical (unpaired) electrons. The largest absolute Gasteiger partial charge is 0.426 e. The van der Waals surface area contributed by atoms with Crippen LogP contribution in [0.3, 0.4) is 0 Å². The molecule has 4 heteroatoms. The van der Waals surface area contributed by atoms with Crippen LogP contribution in [-0.4, -0.2) is 11.7 Å². The standard InChI is InChI=1S/C21H15NO2S/c22-14-16-6-8-17(9-7-16)18-10-12-19(13-11-18)24-21(23)15-25-20-4-2-1-3-5-20/h1-13H,15H2. The number of esters is 1. The molecular formula is C21H15NO2S. The van der Waals surface area contributed by atoms with Gasteiger partial charge in [-0.3, -0.25) is 4.79 Å². The molecule has 25 heavy (non-hydrogen) atoms. The molecule has 0 saturated heterocycles. The van der Waals surface area contributed by atoms with Gasteiger partial charge in [-0.2, -0.15) is 5.26 Å². The molecule has 0 aliphatic heterocycles. The van der Waals surface area contributed by atoms with Crippen LogP contribution < -0.4 is 4.74 Å². The Morgan fingerprint density at radius 2 is 1.48 bits per heavy atom. The topological polar surface area (TPSA) is 50.1 Å². The normalized spacial score (nSPS) is 10.0. The second-order valence-electron chi connectivity index (χ2n) is 5.29. The van der Waals surface area contributed by atoms with E-state index in [2.05, 4.69) is 6.07 Å². The van der Waals surface area contributed by atoms with Gasteiger partial charge in [-0.05, 0) is 47.5 Å². The van der Waals surface area contributed by atoms with Gasteiger partial charge in [0.25, 0.3) is 0 Å². The summed E-state index contributed by atoms with van der Waals surface area (Å²) in [6, 6.07) is 26.6. The second-order valence-corrected chi connectivity index (χ2v) is 6.34. The van der Waals surface area contributed by atoms with Gasteiger partial charge in [-0.25, -0.2) is 0 Å². The summed E-state index contributed by atoms with van der Waals surface area (Å²) < 4.78 is 5.36. The van der Waals surface area contributed by atoms with E-state index in [-0.39, 0.29) is 11.7 Å². The lowest BCUT2D eigenvalue weighted by molar-refractivity contribution is -0.131. The molecule has 0 amide bonds. The predicted octanol–water partition coefficient (Wildman–Crippen LogP) is 4.92. The number of carbonyl (C=O) groups excluding carboxylic acids is 1. The molecule has 0 aromatic heterocycles. The van der Waals surface area contributed by atoms with Crippen molar-refractivity contribution in [3.05, 3.63) is 84.4 Å². The summed E-state index contributed by atoms with van der Waals surface area (Å²) in [6.45, 7) is 0. The number of hydrogen-bond acceptors (Lipinski definition) is 4. The van der Waals surface area contributed by atoms with Crippen LogP contribution in [0.25, 0.3) is 11.1 Å². The monoisotopic (exact) mass is 345 g/mol. The first-order valence-electron chi connectivity index (χ1n) is 7.74. The van der Waals surface area contributed by atoms with E-state index >= 15 is 0 Å². The molecule has 3 aromatic carbocycles. The van der Waals surface area contributed by atoms with Crippen molar-refractivity contribution in [1.29, 1.82) is 5.26 Å². The van der Waals surface area contributed by atoms with Gasteiger partial charge in [0.15, 0.2) is 0 Å². The number of benzene rings is 3. The zero-order valence-corrected chi connectivity index (χ0v) is 14.2. The SMILES string of the molecule is N#Cc1ccc(-c2ccc(OC(=O)CSc3ccccc3)cc2)cc1. The van der Waals surface area contributed by atoms with Crippen LogP contribution in [-0.2, 0) is 4.79 Å². The van der Waals surface area contributed by atoms with Crippen molar-refractivity contribution in [2.45, 2.75) is 4.90 Å². The Bertz CT molecular complexity index is 882. The van der Waals surface area contributed by atoms with Gasteiger partial charge in [0, 0.05) is 4.90 Å². The Labute approximate surface area is 150 Å². The fourth-order valence-electron chi connectivity index (χ4n) is 2.27. The number of ether oxygens (including phenoxy) is 1. The van der Waals surface area contributed by atoms with Crippen molar-refractivity contribution in [1.82, 2.24) is 0 Å². The molecule has 0 bridgehead atoms. The minimum Gasteiger partial charge on any atom is -0.426 e. The van der Waals surface area contributed by atoms with Gasteiger partial charge in [0.2, 0.25) is 0 Å². The van der Waals surface area contributed by atoms with Gasteiger partial charge in [-0.1, -0.05) is 42.5 Å². The summed E-state index contributed by atoms with van der Waals surface area (Å²) in [4.78, 5) is 13.0. The average molecular weight is 345 g/mol. The fourth-order valence-corrected chi connectivity index (χ4v) is 2.97. The number of nitrogens with zero attached hydrogens (tertiary/aromatic N) is 1. The Morgan fingerprint density at radius 3 is 2.08 bits per heavy atom. The maximum atomic E-state index is 11.9. The summed E-state index contributed by atoms with van der Waals surface area (Å²) in [5.41, 5.74) is 2.64. The third kappa shape index (κ3) is 4.72. The smallest absolute Gasteiger partial charge is 0.321 e. The van der Waals surface area contributed by atoms with Crippen LogP contribution in [0.15, 0.2) is 83.8 Å². The predicted molar refractivity (Wildman–Crippen MR) is 99.4 cm³/mol. The quantitative estimate of drug-likeness (QED) is 0.374. The van der Waals surface area contributed by atoms with E-state index in [1.807, 2.05) is 54.6 Å². The Kier molecular flexibility index (Phi) is 5.50. The van der Waals surface area contributed by atoms with E-state index in [9.17, 15) is 4.79 Å². The maximum Gasteiger partial charge on any atom is 0.321 e. The van der Waals surface area contributed by atoms with Crippen LogP contribution in [0.5, 0.6) is 5.75 Å². The molecule has 3 aromatic rings. The molecule has 0 unspecified atom stereocenters. The van der Waals surface area contributed by atoms with Gasteiger partial charge in [-0.15, -0.1) is 11.8 Å². The zero-order chi connectivity index (χ0) is 17.5. The summed E-state index contributed by atoms with van der Waals surface area (Å²) in [5.74, 6) is 0.512. The fraction of sp³-hybridized carbons (Fsp3) is 0.0476. The van der Waals surface area contributed by atoms with Gasteiger partial charge in [0.05, 0.1) is 17.4 Å². The maximum absolute atomic E-state index is 11.9. The summed E-state index contributed by atoms with van der Waals surface area (Å²) in [5, 5.41) is 8.84. The molecule has 0 aliphatic rings. The van der Waals surface area contributed by atoms with E-state index < -0.39 is 0 Å². The molecule has 0 atom stereocenters. The van der Waals surface area contributed by atoms with Crippen LogP contribution in [0, 0.1) is 11.3 Å². The van der Waals surface area contributed by atoms with Crippen molar-refractivity contribution in [3.8, 4) is 22.9 Å². The minimum absolute atomic E-state index is 0.265. The van der Waals surface area contributed by atoms with Crippen LogP contribution >= 0.6 is 11.8 Å². The summed E-state index contributed by atoms with van der Waals surface area (Å²) in [7, 11) is 0. The highest BCUT2D eigenvalue weighted by Crippen LogP contribution is 2.23. The lowest BCUT2D eigenvalue weighted by atomic mass is 10.0. The van der Waals surface area contributed by atoms with Crippen molar-refractivity contribution in [2.24, 2.45) is 0 Å². The van der Waals surface area contributed by atoms with Crippen molar-refractivity contribution < 1.29 is 9.53 Å². The van der Waals surface area contributed by atoms with E-state index in [0.717, 1.165) is 16.0 Å². The third-order valence-electron chi connectivity index (χ3n) is 3.53. The van der Waals surface area contributed by atoms with Crippen LogP contribution in [0.4, 0.5) is 0 Å². The number of nitriles is 1. The Balaban J connectivity index is 1.58. The highest BCUT2D eigenvalue weighted by atomic mass is 32.2. The Morgan fingerprint density at radius 1 is 0.880 bits per heavy atom. The number of carbonyl (C=O) groups is 1. The number of thioether (sulfide) groups is 1. The van der Waals surface area contributed by atoms with Crippen molar-refractivity contribution in [3.63, 3.8) is 0 Å². The molecule has 0 spiro atoms. The van der Waals surface area contributed by atoms with Crippen molar-refractivity contribution in [2.75, 3.05) is 5.75 Å². The minimum atomic E-state index is -0.278. The highest BCUT2D eigenvalue weighted by Gasteiger charge is 2.06. The second kappa shape index (κ2) is 8.18. The van der Waals surface area contributed by atoms with E-state index in [0.29, 0.717) is 11.3 Å². The average Bonchev–Trinajstić information content (AvgIpc) is 2.68. The molecule has 3 nitrogen and oxygen atoms in total. The van der Waals surface area contributed by atoms with Crippen molar-refractivity contribution >= 4 is 17.7 Å². The molecule has 0 aliphatic carbocycles. The number of rotatable bonds is 5. The number of hydrogen-bond donors (Lipinski definition) is 0. The lowest BCUT2D eigenvalue weighted by Crippen LogP contribution is -2.10. The molecule has 0 N–H and O–H groups in total. The molecule has 0 heterocycles. The van der Waals surface area contributed by atoms with Gasteiger partial charge in [0.1, 0.15) is 5.75 Å². The molecule has 0 saturated carbocycles. The van der Waals surface area contributed by atoms with Crippen LogP contribution in [0.2, 0.25) is 0 Å². The van der Waals surface area contributed by atoms with Gasteiger partial charge >= 0.3 is 5.97 Å². The first kappa shape index (κ1) is 16.8. The van der Waals surface area contributed by atoms with E-state index in [1.165, 1.54) is 11.8 Å². The molecular weight excluding hydrogens is 330 g/mol. The molecule has 122 valence electrons. The zero-order valence-electron chi connectivity index (χ0n) is 13.4. The molecule has 3 rings (SSSR count). The first-order chi connectivity index (χ1) is 12.2. The lowest BCUT2D eigenvalue weighted by Gasteiger charge is -2.06. The third-order valence-corrected chi connectivity index (χ3v) is 4.52.